The van der Waals surface area contributed by atoms with Gasteiger partial charge in [0.2, 0.25) is 5.91 Å². The number of aromatic amines is 1. The molecule has 0 bridgehead atoms. The number of anilines is 1. The van der Waals surface area contributed by atoms with Gasteiger partial charge in [-0.1, -0.05) is 18.2 Å². The third-order valence-corrected chi connectivity index (χ3v) is 5.97. The third-order valence-electron chi connectivity index (χ3n) is 4.70. The zero-order valence-corrected chi connectivity index (χ0v) is 15.7. The van der Waals surface area contributed by atoms with E-state index in [4.69, 9.17) is 4.74 Å². The van der Waals surface area contributed by atoms with Crippen LogP contribution in [0.1, 0.15) is 43.2 Å². The van der Waals surface area contributed by atoms with Crippen LogP contribution in [0, 0.1) is 0 Å². The molecule has 2 aliphatic rings. The van der Waals surface area contributed by atoms with Gasteiger partial charge in [-0.25, -0.2) is 0 Å². The van der Waals surface area contributed by atoms with Crippen molar-refractivity contribution in [3.63, 3.8) is 0 Å². The molecule has 6 nitrogen and oxygen atoms in total. The van der Waals surface area contributed by atoms with Crippen molar-refractivity contribution in [1.29, 1.82) is 0 Å². The van der Waals surface area contributed by atoms with Crippen molar-refractivity contribution < 1.29 is 9.53 Å². The Bertz CT molecular complexity index is 957. The first-order valence-electron chi connectivity index (χ1n) is 8.68. The lowest BCUT2D eigenvalue weighted by Gasteiger charge is -2.28. The molecule has 0 aliphatic carbocycles. The molecule has 0 fully saturated rings. The summed E-state index contributed by atoms with van der Waals surface area (Å²) in [5.74, 6) is 1.60. The Morgan fingerprint density at radius 1 is 1.27 bits per heavy atom. The SMILES string of the molecule is CC(C)n1[nH]c(=O)c2c1NC(=O)CS[C@@H]2C1=Cc2ccccc2O[C@H]1C. The van der Waals surface area contributed by atoms with Gasteiger partial charge in [-0.3, -0.25) is 19.4 Å². The van der Waals surface area contributed by atoms with E-state index in [9.17, 15) is 9.59 Å². The normalized spacial score (nSPS) is 22.0. The Morgan fingerprint density at radius 3 is 2.81 bits per heavy atom. The topological polar surface area (TPSA) is 76.1 Å². The number of carbonyl (C=O) groups is 1. The number of para-hydroxylation sites is 1. The number of carbonyl (C=O) groups excluding carboxylic acids is 1. The summed E-state index contributed by atoms with van der Waals surface area (Å²) in [5, 5.41) is 5.53. The number of benzene rings is 1. The van der Waals surface area contributed by atoms with Crippen LogP contribution in [0.3, 0.4) is 0 Å². The van der Waals surface area contributed by atoms with E-state index in [1.807, 2.05) is 45.0 Å². The van der Waals surface area contributed by atoms with E-state index in [1.54, 1.807) is 4.68 Å². The van der Waals surface area contributed by atoms with E-state index < -0.39 is 0 Å². The lowest BCUT2D eigenvalue weighted by atomic mass is 9.96. The van der Waals surface area contributed by atoms with E-state index in [2.05, 4.69) is 16.5 Å². The van der Waals surface area contributed by atoms with Gasteiger partial charge in [0, 0.05) is 11.6 Å². The standard InChI is InChI=1S/C19H21N3O3S/c1-10(2)22-18-16(19(24)21-22)17(26-9-15(23)20-18)13-8-12-6-4-5-7-14(12)25-11(13)3/h4-8,10-11,17H,9H2,1-3H3,(H,20,23)(H,21,24)/t11-,17+/m0/s1. The van der Waals surface area contributed by atoms with Crippen molar-refractivity contribution in [2.24, 2.45) is 0 Å². The van der Waals surface area contributed by atoms with Crippen LogP contribution in [-0.2, 0) is 4.79 Å². The first-order chi connectivity index (χ1) is 12.5. The van der Waals surface area contributed by atoms with Gasteiger partial charge in [-0.05, 0) is 38.5 Å². The molecule has 0 saturated heterocycles. The second-order valence-electron chi connectivity index (χ2n) is 6.85. The summed E-state index contributed by atoms with van der Waals surface area (Å²) in [6, 6.07) is 7.88. The second kappa shape index (κ2) is 6.39. The molecule has 1 aromatic carbocycles. The number of nitrogens with one attached hydrogen (secondary N) is 2. The molecule has 4 rings (SSSR count). The van der Waals surface area contributed by atoms with E-state index in [-0.39, 0.29) is 28.9 Å². The fourth-order valence-corrected chi connectivity index (χ4v) is 4.67. The number of rotatable bonds is 2. The molecule has 2 atom stereocenters. The van der Waals surface area contributed by atoms with Crippen LogP contribution in [0.5, 0.6) is 5.75 Å². The molecule has 26 heavy (non-hydrogen) atoms. The summed E-state index contributed by atoms with van der Waals surface area (Å²) in [6.07, 6.45) is 1.91. The first-order valence-corrected chi connectivity index (χ1v) is 9.73. The van der Waals surface area contributed by atoms with Crippen molar-refractivity contribution >= 4 is 29.6 Å². The van der Waals surface area contributed by atoms with E-state index in [0.29, 0.717) is 17.1 Å². The van der Waals surface area contributed by atoms with Crippen LogP contribution in [0.15, 0.2) is 34.6 Å². The van der Waals surface area contributed by atoms with Gasteiger partial charge in [-0.2, -0.15) is 0 Å². The molecular weight excluding hydrogens is 350 g/mol. The third kappa shape index (κ3) is 2.76. The minimum absolute atomic E-state index is 0.0326. The monoisotopic (exact) mass is 371 g/mol. The molecule has 7 heteroatoms. The first kappa shape index (κ1) is 17.0. The van der Waals surface area contributed by atoms with Gasteiger partial charge < -0.3 is 10.1 Å². The van der Waals surface area contributed by atoms with E-state index >= 15 is 0 Å². The maximum absolute atomic E-state index is 12.7. The molecule has 1 aromatic heterocycles. The van der Waals surface area contributed by atoms with E-state index in [0.717, 1.165) is 16.9 Å². The highest BCUT2D eigenvalue weighted by Crippen LogP contribution is 2.45. The summed E-state index contributed by atoms with van der Waals surface area (Å²) >= 11 is 1.47. The Labute approximate surface area is 155 Å². The van der Waals surface area contributed by atoms with Crippen LogP contribution in [0.25, 0.3) is 6.08 Å². The Balaban J connectivity index is 1.87. The van der Waals surface area contributed by atoms with Crippen LogP contribution in [0.4, 0.5) is 5.82 Å². The highest BCUT2D eigenvalue weighted by Gasteiger charge is 2.35. The summed E-state index contributed by atoms with van der Waals surface area (Å²) in [6.45, 7) is 5.92. The minimum atomic E-state index is -0.240. The van der Waals surface area contributed by atoms with Crippen molar-refractivity contribution in [3.05, 3.63) is 51.3 Å². The molecule has 2 aromatic rings. The van der Waals surface area contributed by atoms with Gasteiger partial charge in [0.15, 0.2) is 0 Å². The number of amides is 1. The maximum Gasteiger partial charge on any atom is 0.270 e. The fraction of sp³-hybridized carbons (Fsp3) is 0.368. The Morgan fingerprint density at radius 2 is 2.04 bits per heavy atom. The quantitative estimate of drug-likeness (QED) is 0.849. The Kier molecular flexibility index (Phi) is 4.19. The molecular formula is C19H21N3O3S. The average molecular weight is 371 g/mol. The summed E-state index contributed by atoms with van der Waals surface area (Å²) in [7, 11) is 0. The largest absolute Gasteiger partial charge is 0.486 e. The lowest BCUT2D eigenvalue weighted by molar-refractivity contribution is -0.113. The van der Waals surface area contributed by atoms with Crippen LogP contribution in [0.2, 0.25) is 0 Å². The number of hydrogen-bond donors (Lipinski definition) is 2. The van der Waals surface area contributed by atoms with E-state index in [1.165, 1.54) is 11.8 Å². The molecule has 0 spiro atoms. The zero-order valence-electron chi connectivity index (χ0n) is 14.9. The number of ether oxygens (including phenoxy) is 1. The molecule has 0 unspecified atom stereocenters. The highest BCUT2D eigenvalue weighted by atomic mass is 32.2. The van der Waals surface area contributed by atoms with Gasteiger partial charge in [0.05, 0.1) is 16.6 Å². The predicted octanol–water partition coefficient (Wildman–Crippen LogP) is 3.35. The molecule has 1 amide bonds. The fourth-order valence-electron chi connectivity index (χ4n) is 3.45. The number of aromatic nitrogens is 2. The Hall–Kier alpha value is -2.41. The number of fused-ring (bicyclic) bond motifs is 2. The van der Waals surface area contributed by atoms with Gasteiger partial charge in [0.1, 0.15) is 17.7 Å². The molecule has 3 heterocycles. The lowest BCUT2D eigenvalue weighted by Crippen LogP contribution is -2.24. The molecule has 2 aliphatic heterocycles. The van der Waals surface area contributed by atoms with Gasteiger partial charge in [0.25, 0.3) is 5.56 Å². The van der Waals surface area contributed by atoms with Crippen LogP contribution in [-0.4, -0.2) is 27.5 Å². The molecule has 0 radical (unpaired) electrons. The zero-order chi connectivity index (χ0) is 18.4. The van der Waals surface area contributed by atoms with Crippen molar-refractivity contribution in [2.45, 2.75) is 38.2 Å². The summed E-state index contributed by atoms with van der Waals surface area (Å²) in [5.41, 5.74) is 2.42. The second-order valence-corrected chi connectivity index (χ2v) is 7.94. The number of hydrogen-bond acceptors (Lipinski definition) is 4. The predicted molar refractivity (Wildman–Crippen MR) is 104 cm³/mol. The van der Waals surface area contributed by atoms with Gasteiger partial charge in [-0.15, -0.1) is 11.8 Å². The average Bonchev–Trinajstić information content (AvgIpc) is 2.81. The van der Waals surface area contributed by atoms with Crippen LogP contribution < -0.4 is 15.6 Å². The molecule has 2 N–H and O–H groups in total. The van der Waals surface area contributed by atoms with Gasteiger partial charge >= 0.3 is 0 Å². The smallest absolute Gasteiger partial charge is 0.270 e. The number of nitrogens with zero attached hydrogens (tertiary/aromatic N) is 1. The van der Waals surface area contributed by atoms with Crippen molar-refractivity contribution in [3.8, 4) is 5.75 Å². The highest BCUT2D eigenvalue weighted by molar-refractivity contribution is 8.00. The molecule has 0 saturated carbocycles. The summed E-state index contributed by atoms with van der Waals surface area (Å²) in [4.78, 5) is 25.0. The van der Waals surface area contributed by atoms with Crippen molar-refractivity contribution in [2.75, 3.05) is 11.1 Å². The molecule has 136 valence electrons. The maximum atomic E-state index is 12.7. The van der Waals surface area contributed by atoms with Crippen LogP contribution >= 0.6 is 11.8 Å². The number of H-pyrrole nitrogens is 1. The van der Waals surface area contributed by atoms with Crippen molar-refractivity contribution in [1.82, 2.24) is 9.78 Å². The number of thioether (sulfide) groups is 1. The minimum Gasteiger partial charge on any atom is -0.486 e. The summed E-state index contributed by atoms with van der Waals surface area (Å²) < 4.78 is 7.80.